The Bertz CT molecular complexity index is 332. The molecule has 1 fully saturated rings. The van der Waals surface area contributed by atoms with Crippen molar-refractivity contribution < 1.29 is 0 Å². The molecule has 2 rings (SSSR count). The average Bonchev–Trinajstić information content (AvgIpc) is 2.84. The summed E-state index contributed by atoms with van der Waals surface area (Å²) in [5, 5.41) is 8.15. The Morgan fingerprint density at radius 1 is 1.56 bits per heavy atom. The van der Waals surface area contributed by atoms with E-state index in [0.717, 1.165) is 18.4 Å². The molecular weight excluding hydrogens is 198 g/mol. The van der Waals surface area contributed by atoms with Gasteiger partial charge in [-0.05, 0) is 37.3 Å². The van der Waals surface area contributed by atoms with Crippen LogP contribution in [0.25, 0.3) is 0 Å². The summed E-state index contributed by atoms with van der Waals surface area (Å²) >= 11 is 0. The van der Waals surface area contributed by atoms with Gasteiger partial charge in [0.15, 0.2) is 0 Å². The fraction of sp³-hybridized carbons (Fsp3) is 0.769. The van der Waals surface area contributed by atoms with Gasteiger partial charge in [-0.15, -0.1) is 0 Å². The number of nitrogens with zero attached hydrogens (tertiary/aromatic N) is 2. The zero-order chi connectivity index (χ0) is 11.5. The van der Waals surface area contributed by atoms with Crippen molar-refractivity contribution in [2.75, 3.05) is 6.54 Å². The van der Waals surface area contributed by atoms with E-state index in [9.17, 15) is 0 Å². The van der Waals surface area contributed by atoms with E-state index in [4.69, 9.17) is 0 Å². The lowest BCUT2D eigenvalue weighted by Crippen LogP contribution is -2.27. The number of hydrogen-bond donors (Lipinski definition) is 1. The maximum absolute atomic E-state index is 4.55. The normalized spacial score (nSPS) is 27.2. The zero-order valence-corrected chi connectivity index (χ0v) is 10.6. The summed E-state index contributed by atoms with van der Waals surface area (Å²) in [5.74, 6) is 1.65. The minimum absolute atomic E-state index is 0.455. The molecule has 3 nitrogen and oxygen atoms in total. The highest BCUT2D eigenvalue weighted by atomic mass is 15.3. The lowest BCUT2D eigenvalue weighted by Gasteiger charge is -2.22. The van der Waals surface area contributed by atoms with Crippen LogP contribution in [0.2, 0.25) is 0 Å². The summed E-state index contributed by atoms with van der Waals surface area (Å²) in [6, 6.07) is 2.60. The number of nitrogens with one attached hydrogen (secondary N) is 1. The minimum Gasteiger partial charge on any atom is -0.309 e. The quantitative estimate of drug-likeness (QED) is 0.846. The van der Waals surface area contributed by atoms with Crippen LogP contribution in [0.5, 0.6) is 0 Å². The van der Waals surface area contributed by atoms with Gasteiger partial charge in [-0.25, -0.2) is 0 Å². The van der Waals surface area contributed by atoms with E-state index in [0.29, 0.717) is 6.04 Å². The molecule has 0 aromatic carbocycles. The first kappa shape index (κ1) is 11.6. The van der Waals surface area contributed by atoms with Crippen LogP contribution in [0.3, 0.4) is 0 Å². The summed E-state index contributed by atoms with van der Waals surface area (Å²) in [7, 11) is 1.99. The highest BCUT2D eigenvalue weighted by molar-refractivity contribution is 5.08. The van der Waals surface area contributed by atoms with Crippen LogP contribution in [-0.2, 0) is 7.05 Å². The smallest absolute Gasteiger partial charge is 0.0796 e. The molecule has 1 aromatic rings. The molecule has 3 unspecified atom stereocenters. The van der Waals surface area contributed by atoms with Gasteiger partial charge in [-0.3, -0.25) is 4.68 Å². The molecule has 16 heavy (non-hydrogen) atoms. The first-order valence-corrected chi connectivity index (χ1v) is 6.43. The van der Waals surface area contributed by atoms with Crippen LogP contribution in [0.15, 0.2) is 12.3 Å². The topological polar surface area (TPSA) is 29.9 Å². The SMILES string of the molecule is CCNC(c1ccn(C)n1)C1CCC(C)C1. The highest BCUT2D eigenvalue weighted by Crippen LogP contribution is 2.38. The largest absolute Gasteiger partial charge is 0.309 e. The second kappa shape index (κ2) is 5.00. The molecule has 3 heteroatoms. The summed E-state index contributed by atoms with van der Waals surface area (Å²) in [6.07, 6.45) is 6.10. The summed E-state index contributed by atoms with van der Waals surface area (Å²) in [6.45, 7) is 5.56. The van der Waals surface area contributed by atoms with E-state index in [1.165, 1.54) is 25.0 Å². The van der Waals surface area contributed by atoms with Crippen molar-refractivity contribution in [3.63, 3.8) is 0 Å². The number of hydrogen-bond acceptors (Lipinski definition) is 2. The van der Waals surface area contributed by atoms with Crippen LogP contribution in [-0.4, -0.2) is 16.3 Å². The van der Waals surface area contributed by atoms with E-state index >= 15 is 0 Å². The first-order valence-electron chi connectivity index (χ1n) is 6.43. The molecule has 0 spiro atoms. The van der Waals surface area contributed by atoms with Crippen molar-refractivity contribution in [2.45, 2.75) is 39.2 Å². The molecular formula is C13H23N3. The fourth-order valence-electron chi connectivity index (χ4n) is 2.89. The molecule has 90 valence electrons. The van der Waals surface area contributed by atoms with Crippen molar-refractivity contribution >= 4 is 0 Å². The number of aryl methyl sites for hydroxylation is 1. The third-order valence-corrected chi connectivity index (χ3v) is 3.68. The molecule has 1 aliphatic carbocycles. The van der Waals surface area contributed by atoms with Crippen molar-refractivity contribution in [1.82, 2.24) is 15.1 Å². The van der Waals surface area contributed by atoms with Crippen molar-refractivity contribution in [1.29, 1.82) is 0 Å². The van der Waals surface area contributed by atoms with Crippen LogP contribution in [0, 0.1) is 11.8 Å². The lowest BCUT2D eigenvalue weighted by atomic mass is 9.94. The van der Waals surface area contributed by atoms with Crippen LogP contribution < -0.4 is 5.32 Å². The summed E-state index contributed by atoms with van der Waals surface area (Å²) in [5.41, 5.74) is 1.21. The Balaban J connectivity index is 2.10. The van der Waals surface area contributed by atoms with Crippen LogP contribution in [0.4, 0.5) is 0 Å². The summed E-state index contributed by atoms with van der Waals surface area (Å²) in [4.78, 5) is 0. The second-order valence-electron chi connectivity index (χ2n) is 5.13. The first-order chi connectivity index (χ1) is 7.70. The minimum atomic E-state index is 0.455. The van der Waals surface area contributed by atoms with Crippen molar-refractivity contribution in [3.8, 4) is 0 Å². The third kappa shape index (κ3) is 2.46. The van der Waals surface area contributed by atoms with Gasteiger partial charge < -0.3 is 5.32 Å². The molecule has 0 saturated heterocycles. The van der Waals surface area contributed by atoms with Gasteiger partial charge >= 0.3 is 0 Å². The van der Waals surface area contributed by atoms with Gasteiger partial charge in [0.2, 0.25) is 0 Å². The standard InChI is InChI=1S/C13H23N3/c1-4-14-13(11-6-5-10(2)9-11)12-7-8-16(3)15-12/h7-8,10-11,13-14H,4-6,9H2,1-3H3. The molecule has 1 aliphatic rings. The van der Waals surface area contributed by atoms with Gasteiger partial charge in [0, 0.05) is 13.2 Å². The monoisotopic (exact) mass is 221 g/mol. The maximum Gasteiger partial charge on any atom is 0.0796 e. The van der Waals surface area contributed by atoms with Gasteiger partial charge in [-0.2, -0.15) is 5.10 Å². The van der Waals surface area contributed by atoms with Crippen LogP contribution >= 0.6 is 0 Å². The third-order valence-electron chi connectivity index (χ3n) is 3.68. The molecule has 3 atom stereocenters. The van der Waals surface area contributed by atoms with Gasteiger partial charge in [-0.1, -0.05) is 20.3 Å². The second-order valence-corrected chi connectivity index (χ2v) is 5.13. The van der Waals surface area contributed by atoms with E-state index < -0.39 is 0 Å². The molecule has 0 bridgehead atoms. The summed E-state index contributed by atoms with van der Waals surface area (Å²) < 4.78 is 1.90. The van der Waals surface area contributed by atoms with Gasteiger partial charge in [0.05, 0.1) is 11.7 Å². The number of aromatic nitrogens is 2. The molecule has 1 aromatic heterocycles. The maximum atomic E-state index is 4.55. The Morgan fingerprint density at radius 2 is 2.38 bits per heavy atom. The van der Waals surface area contributed by atoms with E-state index in [1.54, 1.807) is 0 Å². The Hall–Kier alpha value is -0.830. The average molecular weight is 221 g/mol. The molecule has 1 N–H and O–H groups in total. The number of rotatable bonds is 4. The predicted octanol–water partition coefficient (Wildman–Crippen LogP) is 2.51. The Labute approximate surface area is 98.2 Å². The Kier molecular flexibility index (Phi) is 3.64. The Morgan fingerprint density at radius 3 is 2.88 bits per heavy atom. The molecule has 1 saturated carbocycles. The lowest BCUT2D eigenvalue weighted by molar-refractivity contribution is 0.356. The fourth-order valence-corrected chi connectivity index (χ4v) is 2.89. The van der Waals surface area contributed by atoms with Crippen molar-refractivity contribution in [2.24, 2.45) is 18.9 Å². The molecule has 0 aliphatic heterocycles. The molecule has 0 radical (unpaired) electrons. The molecule has 1 heterocycles. The van der Waals surface area contributed by atoms with E-state index in [2.05, 4.69) is 30.3 Å². The van der Waals surface area contributed by atoms with Crippen LogP contribution in [0.1, 0.15) is 44.8 Å². The molecule has 0 amide bonds. The van der Waals surface area contributed by atoms with E-state index in [1.807, 2.05) is 17.9 Å². The predicted molar refractivity (Wildman–Crippen MR) is 66.1 cm³/mol. The van der Waals surface area contributed by atoms with Gasteiger partial charge in [0.1, 0.15) is 0 Å². The van der Waals surface area contributed by atoms with Gasteiger partial charge in [0.25, 0.3) is 0 Å². The zero-order valence-electron chi connectivity index (χ0n) is 10.6. The highest BCUT2D eigenvalue weighted by Gasteiger charge is 2.30. The van der Waals surface area contributed by atoms with Crippen molar-refractivity contribution in [3.05, 3.63) is 18.0 Å². The van der Waals surface area contributed by atoms with E-state index in [-0.39, 0.29) is 0 Å².